The number of aromatic nitrogens is 2. The van der Waals surface area contributed by atoms with Crippen LogP contribution >= 0.6 is 27.3 Å². The number of carbonyl (C=O) groups excluding carboxylic acids is 1. The molecule has 0 bridgehead atoms. The van der Waals surface area contributed by atoms with Gasteiger partial charge in [-0.3, -0.25) is 4.79 Å². The van der Waals surface area contributed by atoms with Gasteiger partial charge in [0.25, 0.3) is 12.3 Å². The number of halogens is 3. The van der Waals surface area contributed by atoms with E-state index in [2.05, 4.69) is 25.9 Å². The standard InChI is InChI=1S/C15H12BrF2N3OS/c1-21(6-10-5-9(16)7-23-10)15(22)8-2-3-11-12(4-8)20-14(19-11)13(17)18/h2-5,7,13H,6H2,1H3,(H,19,20). The fraction of sp³-hybridized carbons (Fsp3) is 0.200. The fourth-order valence-corrected chi connectivity index (χ4v) is 3.73. The SMILES string of the molecule is CN(Cc1cc(Br)cs1)C(=O)c1ccc2nc(C(F)F)[nH]c2c1. The van der Waals surface area contributed by atoms with E-state index in [9.17, 15) is 13.6 Å². The third kappa shape index (κ3) is 3.42. The first-order valence-electron chi connectivity index (χ1n) is 6.70. The Morgan fingerprint density at radius 3 is 2.87 bits per heavy atom. The highest BCUT2D eigenvalue weighted by Crippen LogP contribution is 2.23. The number of imidazole rings is 1. The lowest BCUT2D eigenvalue weighted by atomic mass is 10.2. The molecule has 0 saturated heterocycles. The monoisotopic (exact) mass is 399 g/mol. The summed E-state index contributed by atoms with van der Waals surface area (Å²) in [7, 11) is 1.71. The predicted molar refractivity (Wildman–Crippen MR) is 88.9 cm³/mol. The minimum Gasteiger partial charge on any atom is -0.337 e. The summed E-state index contributed by atoms with van der Waals surface area (Å²) in [6, 6.07) is 6.68. The van der Waals surface area contributed by atoms with Gasteiger partial charge in [-0.05, 0) is 40.2 Å². The summed E-state index contributed by atoms with van der Waals surface area (Å²) in [6.45, 7) is 0.485. The van der Waals surface area contributed by atoms with Crippen LogP contribution in [-0.2, 0) is 6.54 Å². The topological polar surface area (TPSA) is 49.0 Å². The molecule has 0 spiro atoms. The second-order valence-electron chi connectivity index (χ2n) is 5.05. The molecule has 23 heavy (non-hydrogen) atoms. The summed E-state index contributed by atoms with van der Waals surface area (Å²) in [4.78, 5) is 21.5. The molecule has 2 heterocycles. The van der Waals surface area contributed by atoms with Gasteiger partial charge in [0.2, 0.25) is 0 Å². The zero-order chi connectivity index (χ0) is 16.6. The maximum absolute atomic E-state index is 12.7. The first kappa shape index (κ1) is 16.1. The Bertz CT molecular complexity index is 861. The molecule has 0 radical (unpaired) electrons. The number of H-pyrrole nitrogens is 1. The van der Waals surface area contributed by atoms with Crippen molar-refractivity contribution in [3.63, 3.8) is 0 Å². The van der Waals surface area contributed by atoms with E-state index in [1.54, 1.807) is 41.5 Å². The van der Waals surface area contributed by atoms with Crippen LogP contribution < -0.4 is 0 Å². The first-order valence-corrected chi connectivity index (χ1v) is 8.37. The lowest BCUT2D eigenvalue weighted by molar-refractivity contribution is 0.0786. The summed E-state index contributed by atoms with van der Waals surface area (Å²) < 4.78 is 26.3. The number of benzene rings is 1. The molecule has 3 aromatic rings. The number of nitrogens with one attached hydrogen (secondary N) is 1. The van der Waals surface area contributed by atoms with Crippen LogP contribution in [0.25, 0.3) is 11.0 Å². The van der Waals surface area contributed by atoms with E-state index in [1.165, 1.54) is 0 Å². The molecular formula is C15H12BrF2N3OS. The molecule has 0 aliphatic heterocycles. The Balaban J connectivity index is 1.82. The van der Waals surface area contributed by atoms with E-state index < -0.39 is 6.43 Å². The molecule has 0 aliphatic rings. The summed E-state index contributed by atoms with van der Waals surface area (Å²) in [5.74, 6) is -0.564. The molecule has 1 N–H and O–H groups in total. The number of hydrogen-bond donors (Lipinski definition) is 1. The molecular weight excluding hydrogens is 388 g/mol. The van der Waals surface area contributed by atoms with Gasteiger partial charge in [-0.25, -0.2) is 13.8 Å². The molecule has 0 fully saturated rings. The number of aromatic amines is 1. The third-order valence-corrected chi connectivity index (χ3v) is 5.00. The number of thiophene rings is 1. The second kappa shape index (κ2) is 6.37. The van der Waals surface area contributed by atoms with Crippen LogP contribution in [0.5, 0.6) is 0 Å². The molecule has 4 nitrogen and oxygen atoms in total. The molecule has 0 atom stereocenters. The van der Waals surface area contributed by atoms with Crippen molar-refractivity contribution < 1.29 is 13.6 Å². The fourth-order valence-electron chi connectivity index (χ4n) is 2.23. The van der Waals surface area contributed by atoms with Gasteiger partial charge < -0.3 is 9.88 Å². The summed E-state index contributed by atoms with van der Waals surface area (Å²) in [5.41, 5.74) is 1.28. The van der Waals surface area contributed by atoms with Crippen LogP contribution in [0.2, 0.25) is 0 Å². The van der Waals surface area contributed by atoms with Crippen molar-refractivity contribution in [2.24, 2.45) is 0 Å². The van der Waals surface area contributed by atoms with Crippen molar-refractivity contribution in [3.8, 4) is 0 Å². The lowest BCUT2D eigenvalue weighted by Crippen LogP contribution is -2.25. The van der Waals surface area contributed by atoms with Crippen LogP contribution in [0.1, 0.15) is 27.5 Å². The Morgan fingerprint density at radius 1 is 1.43 bits per heavy atom. The zero-order valence-electron chi connectivity index (χ0n) is 12.0. The van der Waals surface area contributed by atoms with Gasteiger partial charge in [-0.2, -0.15) is 0 Å². The normalized spacial score (nSPS) is 11.3. The van der Waals surface area contributed by atoms with Gasteiger partial charge in [0.1, 0.15) is 0 Å². The highest BCUT2D eigenvalue weighted by molar-refractivity contribution is 9.10. The van der Waals surface area contributed by atoms with Gasteiger partial charge in [-0.15, -0.1) is 11.3 Å². The van der Waals surface area contributed by atoms with Crippen LogP contribution in [0.3, 0.4) is 0 Å². The van der Waals surface area contributed by atoms with Crippen LogP contribution in [0, 0.1) is 0 Å². The summed E-state index contributed by atoms with van der Waals surface area (Å²) in [5, 5.41) is 1.95. The van der Waals surface area contributed by atoms with Gasteiger partial charge in [0.15, 0.2) is 5.82 Å². The number of alkyl halides is 2. The minimum absolute atomic E-state index is 0.176. The number of nitrogens with zero attached hydrogens (tertiary/aromatic N) is 2. The quantitative estimate of drug-likeness (QED) is 0.696. The number of rotatable bonds is 4. The van der Waals surface area contributed by atoms with Crippen LogP contribution in [0.15, 0.2) is 34.1 Å². The molecule has 1 amide bonds. The average molecular weight is 400 g/mol. The Morgan fingerprint density at radius 2 is 2.22 bits per heavy atom. The predicted octanol–water partition coefficient (Wildman–Crippen LogP) is 4.60. The average Bonchev–Trinajstić information content (AvgIpc) is 3.11. The molecule has 120 valence electrons. The van der Waals surface area contributed by atoms with E-state index in [-0.39, 0.29) is 11.7 Å². The third-order valence-electron chi connectivity index (χ3n) is 3.32. The van der Waals surface area contributed by atoms with Crippen molar-refractivity contribution in [1.29, 1.82) is 0 Å². The van der Waals surface area contributed by atoms with Crippen LogP contribution in [-0.4, -0.2) is 27.8 Å². The first-order chi connectivity index (χ1) is 10.9. The Hall–Kier alpha value is -1.80. The number of fused-ring (bicyclic) bond motifs is 1. The van der Waals surface area contributed by atoms with Gasteiger partial charge >= 0.3 is 0 Å². The molecule has 0 unspecified atom stereocenters. The summed E-state index contributed by atoms with van der Waals surface area (Å²) >= 11 is 4.94. The van der Waals surface area contributed by atoms with Crippen molar-refractivity contribution in [1.82, 2.24) is 14.9 Å². The van der Waals surface area contributed by atoms with E-state index in [0.29, 0.717) is 23.1 Å². The molecule has 3 rings (SSSR count). The van der Waals surface area contributed by atoms with Gasteiger partial charge in [0.05, 0.1) is 17.6 Å². The zero-order valence-corrected chi connectivity index (χ0v) is 14.4. The molecule has 2 aromatic heterocycles. The molecule has 0 aliphatic carbocycles. The number of amides is 1. The molecule has 0 saturated carbocycles. The molecule has 1 aromatic carbocycles. The van der Waals surface area contributed by atoms with Crippen molar-refractivity contribution in [2.45, 2.75) is 13.0 Å². The number of carbonyl (C=O) groups is 1. The maximum atomic E-state index is 12.7. The van der Waals surface area contributed by atoms with Crippen molar-refractivity contribution in [3.05, 3.63) is 50.4 Å². The molecule has 8 heteroatoms. The smallest absolute Gasteiger partial charge is 0.295 e. The van der Waals surface area contributed by atoms with E-state index in [1.807, 2.05) is 11.4 Å². The van der Waals surface area contributed by atoms with Gasteiger partial charge in [0, 0.05) is 27.3 Å². The summed E-state index contributed by atoms with van der Waals surface area (Å²) in [6.07, 6.45) is -2.67. The van der Waals surface area contributed by atoms with Gasteiger partial charge in [-0.1, -0.05) is 0 Å². The maximum Gasteiger partial charge on any atom is 0.295 e. The highest BCUT2D eigenvalue weighted by Gasteiger charge is 2.16. The number of hydrogen-bond acceptors (Lipinski definition) is 3. The second-order valence-corrected chi connectivity index (χ2v) is 6.96. The van der Waals surface area contributed by atoms with Crippen molar-refractivity contribution >= 4 is 44.2 Å². The highest BCUT2D eigenvalue weighted by atomic mass is 79.9. The largest absolute Gasteiger partial charge is 0.337 e. The Kier molecular flexibility index (Phi) is 4.45. The van der Waals surface area contributed by atoms with E-state index in [0.717, 1.165) is 9.35 Å². The van der Waals surface area contributed by atoms with Crippen molar-refractivity contribution in [2.75, 3.05) is 7.05 Å². The van der Waals surface area contributed by atoms with E-state index in [4.69, 9.17) is 0 Å². The Labute approximate surface area is 143 Å². The minimum atomic E-state index is -2.67. The lowest BCUT2D eigenvalue weighted by Gasteiger charge is -2.16. The van der Waals surface area contributed by atoms with E-state index >= 15 is 0 Å². The van der Waals surface area contributed by atoms with Crippen LogP contribution in [0.4, 0.5) is 8.78 Å².